The van der Waals surface area contributed by atoms with Gasteiger partial charge in [0.25, 0.3) is 0 Å². The molecule has 0 N–H and O–H groups in total. The molecule has 1 heterocycles. The van der Waals surface area contributed by atoms with Crippen LogP contribution in [0.3, 0.4) is 0 Å². The first-order valence-electron chi connectivity index (χ1n) is 4.82. The molecule has 1 aromatic heterocycles. The molecule has 0 saturated carbocycles. The Hall–Kier alpha value is -1.13. The number of benzene rings is 1. The fourth-order valence-corrected chi connectivity index (χ4v) is 1.77. The first-order chi connectivity index (χ1) is 8.08. The van der Waals surface area contributed by atoms with E-state index in [-0.39, 0.29) is 5.02 Å². The lowest BCUT2D eigenvalue weighted by molar-refractivity contribution is 0.457. The summed E-state index contributed by atoms with van der Waals surface area (Å²) in [6, 6.07) is 5.79. The molecule has 88 valence electrons. The molecule has 0 amide bonds. The number of aryl methyl sites for hydroxylation is 1. The Balaban J connectivity index is 2.35. The largest absolute Gasteiger partial charge is 0.436 e. The van der Waals surface area contributed by atoms with Crippen molar-refractivity contribution in [2.45, 2.75) is 6.92 Å². The van der Waals surface area contributed by atoms with Crippen molar-refractivity contribution in [2.24, 2.45) is 0 Å². The van der Waals surface area contributed by atoms with Crippen LogP contribution in [0.15, 0.2) is 34.9 Å². The second-order valence-corrected chi connectivity index (χ2v) is 4.62. The first kappa shape index (κ1) is 12.3. The van der Waals surface area contributed by atoms with E-state index < -0.39 is 5.82 Å². The van der Waals surface area contributed by atoms with Crippen molar-refractivity contribution in [1.82, 2.24) is 4.98 Å². The van der Waals surface area contributed by atoms with Crippen LogP contribution in [-0.2, 0) is 0 Å². The van der Waals surface area contributed by atoms with Gasteiger partial charge in [-0.15, -0.1) is 0 Å². The van der Waals surface area contributed by atoms with Gasteiger partial charge < -0.3 is 4.74 Å². The molecular formula is C12H8BrClFNO. The van der Waals surface area contributed by atoms with Crippen molar-refractivity contribution in [1.29, 1.82) is 0 Å². The van der Waals surface area contributed by atoms with Gasteiger partial charge in [-0.05, 0) is 52.7 Å². The molecule has 0 fully saturated rings. The van der Waals surface area contributed by atoms with Gasteiger partial charge >= 0.3 is 0 Å². The number of pyridine rings is 1. The molecule has 0 radical (unpaired) electrons. The summed E-state index contributed by atoms with van der Waals surface area (Å²) in [4.78, 5) is 4.08. The summed E-state index contributed by atoms with van der Waals surface area (Å²) in [6.07, 6.45) is 1.63. The molecule has 1 aromatic carbocycles. The highest BCUT2D eigenvalue weighted by Crippen LogP contribution is 2.33. The number of nitrogens with zero attached hydrogens (tertiary/aromatic N) is 1. The highest BCUT2D eigenvalue weighted by Gasteiger charge is 2.09. The lowest BCUT2D eigenvalue weighted by Gasteiger charge is -2.09. The predicted octanol–water partition coefficient (Wildman–Crippen LogP) is 4.74. The van der Waals surface area contributed by atoms with Crippen LogP contribution in [0.1, 0.15) is 5.56 Å². The van der Waals surface area contributed by atoms with E-state index in [0.29, 0.717) is 11.6 Å². The van der Waals surface area contributed by atoms with Crippen molar-refractivity contribution in [3.63, 3.8) is 0 Å². The Bertz CT molecular complexity index is 562. The van der Waals surface area contributed by atoms with Gasteiger partial charge in [-0.25, -0.2) is 9.37 Å². The monoisotopic (exact) mass is 315 g/mol. The van der Waals surface area contributed by atoms with Crippen molar-refractivity contribution in [3.05, 3.63) is 51.3 Å². The highest BCUT2D eigenvalue weighted by molar-refractivity contribution is 9.10. The van der Waals surface area contributed by atoms with E-state index in [4.69, 9.17) is 16.3 Å². The molecule has 0 unspecified atom stereocenters. The number of ether oxygens (including phenoxy) is 1. The summed E-state index contributed by atoms with van der Waals surface area (Å²) in [7, 11) is 0. The predicted molar refractivity (Wildman–Crippen MR) is 68.2 cm³/mol. The lowest BCUT2D eigenvalue weighted by Crippen LogP contribution is -1.91. The molecule has 0 atom stereocenters. The molecule has 17 heavy (non-hydrogen) atoms. The third-order valence-corrected chi connectivity index (χ3v) is 3.41. The number of hydrogen-bond donors (Lipinski definition) is 0. The van der Waals surface area contributed by atoms with Gasteiger partial charge in [0.2, 0.25) is 5.88 Å². The summed E-state index contributed by atoms with van der Waals surface area (Å²) in [6.45, 7) is 1.92. The second kappa shape index (κ2) is 5.02. The fourth-order valence-electron chi connectivity index (χ4n) is 1.25. The summed E-state index contributed by atoms with van der Waals surface area (Å²) >= 11 is 9.24. The smallest absolute Gasteiger partial charge is 0.233 e. The maximum absolute atomic E-state index is 12.9. The van der Waals surface area contributed by atoms with E-state index in [1.807, 2.05) is 13.0 Å². The minimum atomic E-state index is -0.404. The van der Waals surface area contributed by atoms with Gasteiger partial charge in [0.05, 0.1) is 9.50 Å². The maximum atomic E-state index is 12.9. The average molecular weight is 317 g/mol. The summed E-state index contributed by atoms with van der Waals surface area (Å²) in [5.41, 5.74) is 0.994. The van der Waals surface area contributed by atoms with Gasteiger partial charge in [0.15, 0.2) is 0 Å². The van der Waals surface area contributed by atoms with Crippen molar-refractivity contribution in [3.8, 4) is 11.6 Å². The van der Waals surface area contributed by atoms with E-state index in [0.717, 1.165) is 10.0 Å². The second-order valence-electron chi connectivity index (χ2n) is 3.42. The molecule has 0 bridgehead atoms. The van der Waals surface area contributed by atoms with Crippen LogP contribution in [0.4, 0.5) is 4.39 Å². The number of rotatable bonds is 2. The number of aromatic nitrogens is 1. The average Bonchev–Trinajstić information content (AvgIpc) is 2.28. The van der Waals surface area contributed by atoms with Crippen molar-refractivity contribution >= 4 is 27.5 Å². The minimum absolute atomic E-state index is 0.209. The summed E-state index contributed by atoms with van der Waals surface area (Å²) < 4.78 is 19.1. The lowest BCUT2D eigenvalue weighted by atomic mass is 10.3. The van der Waals surface area contributed by atoms with Crippen LogP contribution in [-0.4, -0.2) is 4.98 Å². The molecule has 2 aromatic rings. The van der Waals surface area contributed by atoms with E-state index in [1.54, 1.807) is 6.20 Å². The summed E-state index contributed by atoms with van der Waals surface area (Å²) in [5, 5.41) is 0.209. The molecule has 5 heteroatoms. The maximum Gasteiger partial charge on any atom is 0.233 e. The number of halogens is 3. The van der Waals surface area contributed by atoms with Crippen molar-refractivity contribution in [2.75, 3.05) is 0 Å². The Morgan fingerprint density at radius 3 is 2.82 bits per heavy atom. The molecular weight excluding hydrogens is 308 g/mol. The van der Waals surface area contributed by atoms with Crippen LogP contribution in [0.5, 0.6) is 11.6 Å². The minimum Gasteiger partial charge on any atom is -0.436 e. The molecule has 0 spiro atoms. The van der Waals surface area contributed by atoms with Gasteiger partial charge in [-0.1, -0.05) is 11.6 Å². The molecule has 0 saturated heterocycles. The fraction of sp³-hybridized carbons (Fsp3) is 0.0833. The molecule has 2 nitrogen and oxygen atoms in total. The SMILES string of the molecule is Cc1ccnc(Oc2ccc(F)cc2Cl)c1Br. The Kier molecular flexibility index (Phi) is 3.64. The van der Waals surface area contributed by atoms with Crippen LogP contribution in [0.2, 0.25) is 5.02 Å². The number of hydrogen-bond acceptors (Lipinski definition) is 2. The van der Waals surface area contributed by atoms with Gasteiger partial charge in [0.1, 0.15) is 11.6 Å². The zero-order valence-corrected chi connectivity index (χ0v) is 11.2. The van der Waals surface area contributed by atoms with Crippen molar-refractivity contribution < 1.29 is 9.13 Å². The summed E-state index contributed by atoms with van der Waals surface area (Å²) in [5.74, 6) is 0.365. The van der Waals surface area contributed by atoms with E-state index in [9.17, 15) is 4.39 Å². The van der Waals surface area contributed by atoms with Gasteiger partial charge in [-0.2, -0.15) is 0 Å². The standard InChI is InChI=1S/C12H8BrClFNO/c1-7-4-5-16-12(11(7)13)17-10-3-2-8(15)6-9(10)14/h2-6H,1H3. The van der Waals surface area contributed by atoms with Crippen LogP contribution < -0.4 is 4.74 Å². The third-order valence-electron chi connectivity index (χ3n) is 2.15. The van der Waals surface area contributed by atoms with Gasteiger partial charge in [-0.3, -0.25) is 0 Å². The topological polar surface area (TPSA) is 22.1 Å². The van der Waals surface area contributed by atoms with E-state index in [1.165, 1.54) is 18.2 Å². The van der Waals surface area contributed by atoms with Crippen LogP contribution in [0.25, 0.3) is 0 Å². The Morgan fingerprint density at radius 2 is 2.12 bits per heavy atom. The highest BCUT2D eigenvalue weighted by atomic mass is 79.9. The zero-order chi connectivity index (χ0) is 12.4. The molecule has 0 aliphatic rings. The molecule has 2 rings (SSSR count). The zero-order valence-electron chi connectivity index (χ0n) is 8.88. The third kappa shape index (κ3) is 2.76. The Labute approximate surface area is 112 Å². The molecule has 0 aliphatic carbocycles. The van der Waals surface area contributed by atoms with Crippen LogP contribution in [0, 0.1) is 12.7 Å². The normalized spacial score (nSPS) is 10.4. The van der Waals surface area contributed by atoms with Gasteiger partial charge in [0, 0.05) is 6.20 Å². The van der Waals surface area contributed by atoms with E-state index >= 15 is 0 Å². The quantitative estimate of drug-likeness (QED) is 0.798. The first-order valence-corrected chi connectivity index (χ1v) is 5.99. The van der Waals surface area contributed by atoms with Crippen LogP contribution >= 0.6 is 27.5 Å². The van der Waals surface area contributed by atoms with E-state index in [2.05, 4.69) is 20.9 Å². The Morgan fingerprint density at radius 1 is 1.35 bits per heavy atom. The molecule has 0 aliphatic heterocycles.